The number of ether oxygens (including phenoxy) is 1. The van der Waals surface area contributed by atoms with E-state index in [0.29, 0.717) is 11.4 Å². The van der Waals surface area contributed by atoms with Crippen LogP contribution < -0.4 is 9.64 Å². The number of hydrogen-bond donors (Lipinski definition) is 1. The molecule has 4 rings (SSSR count). The molecule has 31 heavy (non-hydrogen) atoms. The first kappa shape index (κ1) is 20.6. The van der Waals surface area contributed by atoms with Gasteiger partial charge in [0.1, 0.15) is 16.5 Å². The zero-order valence-corrected chi connectivity index (χ0v) is 18.1. The molecule has 0 aliphatic rings. The fourth-order valence-corrected chi connectivity index (χ4v) is 4.25. The minimum absolute atomic E-state index is 0.0644. The molecular weight excluding hydrogens is 408 g/mol. The Morgan fingerprint density at radius 3 is 2.13 bits per heavy atom. The normalized spacial score (nSPS) is 10.6. The standard InChI is InChI=1S/C25H22N2O3S/c1-27(2)19-12-8-18(9-13-19)25-26-24(22(31-25)16-23(28)29)17-10-14-21(15-11-17)30-20-6-4-3-5-7-20/h3-15H,16H2,1-2H3,(H,28,29). The van der Waals surface area contributed by atoms with Gasteiger partial charge in [0.15, 0.2) is 0 Å². The average Bonchev–Trinajstić information content (AvgIpc) is 3.18. The van der Waals surface area contributed by atoms with Gasteiger partial charge in [0, 0.05) is 35.8 Å². The number of carbonyl (C=O) groups is 1. The van der Waals surface area contributed by atoms with Gasteiger partial charge < -0.3 is 14.7 Å². The summed E-state index contributed by atoms with van der Waals surface area (Å²) >= 11 is 1.42. The van der Waals surface area contributed by atoms with Gasteiger partial charge in [-0.1, -0.05) is 18.2 Å². The van der Waals surface area contributed by atoms with E-state index >= 15 is 0 Å². The van der Waals surface area contributed by atoms with Crippen molar-refractivity contribution >= 4 is 23.0 Å². The minimum Gasteiger partial charge on any atom is -0.481 e. The Bertz CT molecular complexity index is 1170. The number of rotatable bonds is 7. The predicted molar refractivity (Wildman–Crippen MR) is 125 cm³/mol. The molecule has 4 aromatic rings. The SMILES string of the molecule is CN(C)c1ccc(-c2nc(-c3ccc(Oc4ccccc4)cc3)c(CC(=O)O)s2)cc1. The van der Waals surface area contributed by atoms with E-state index in [-0.39, 0.29) is 6.42 Å². The van der Waals surface area contributed by atoms with Crippen molar-refractivity contribution in [3.8, 4) is 33.3 Å². The van der Waals surface area contributed by atoms with Crippen LogP contribution in [0.5, 0.6) is 11.5 Å². The molecule has 0 atom stereocenters. The Labute approximate surface area is 185 Å². The molecule has 0 fully saturated rings. The molecule has 0 amide bonds. The highest BCUT2D eigenvalue weighted by atomic mass is 32.1. The monoisotopic (exact) mass is 430 g/mol. The second kappa shape index (κ2) is 9.02. The average molecular weight is 431 g/mol. The molecule has 0 aliphatic heterocycles. The van der Waals surface area contributed by atoms with Gasteiger partial charge in [-0.2, -0.15) is 0 Å². The lowest BCUT2D eigenvalue weighted by atomic mass is 10.1. The number of thiazole rings is 1. The lowest BCUT2D eigenvalue weighted by Crippen LogP contribution is -2.07. The number of hydrogen-bond acceptors (Lipinski definition) is 5. The topological polar surface area (TPSA) is 62.7 Å². The van der Waals surface area contributed by atoms with Crippen molar-refractivity contribution in [2.75, 3.05) is 19.0 Å². The van der Waals surface area contributed by atoms with Crippen molar-refractivity contribution in [1.82, 2.24) is 4.98 Å². The van der Waals surface area contributed by atoms with E-state index in [0.717, 1.165) is 32.4 Å². The predicted octanol–water partition coefficient (Wildman–Crippen LogP) is 5.96. The Morgan fingerprint density at radius 1 is 0.903 bits per heavy atom. The first-order valence-electron chi connectivity index (χ1n) is 9.82. The first-order chi connectivity index (χ1) is 15.0. The highest BCUT2D eigenvalue weighted by molar-refractivity contribution is 7.15. The summed E-state index contributed by atoms with van der Waals surface area (Å²) in [6.45, 7) is 0. The van der Waals surface area contributed by atoms with Crippen LogP contribution >= 0.6 is 11.3 Å². The third kappa shape index (κ3) is 4.92. The summed E-state index contributed by atoms with van der Waals surface area (Å²) < 4.78 is 5.85. The van der Waals surface area contributed by atoms with Crippen molar-refractivity contribution < 1.29 is 14.6 Å². The van der Waals surface area contributed by atoms with E-state index in [1.54, 1.807) is 0 Å². The largest absolute Gasteiger partial charge is 0.481 e. The molecule has 0 radical (unpaired) electrons. The Hall–Kier alpha value is -3.64. The number of carboxylic acids is 1. The molecular formula is C25H22N2O3S. The van der Waals surface area contributed by atoms with Crippen molar-refractivity contribution in [2.45, 2.75) is 6.42 Å². The second-order valence-corrected chi connectivity index (χ2v) is 8.33. The van der Waals surface area contributed by atoms with Crippen LogP contribution in [-0.4, -0.2) is 30.2 Å². The second-order valence-electron chi connectivity index (χ2n) is 7.24. The quantitative estimate of drug-likeness (QED) is 0.392. The van der Waals surface area contributed by atoms with Crippen LogP contribution in [0.2, 0.25) is 0 Å². The zero-order valence-electron chi connectivity index (χ0n) is 17.3. The van der Waals surface area contributed by atoms with Gasteiger partial charge >= 0.3 is 5.97 Å². The van der Waals surface area contributed by atoms with E-state index in [1.165, 1.54) is 11.3 Å². The summed E-state index contributed by atoms with van der Waals surface area (Å²) in [5, 5.41) is 10.2. The van der Waals surface area contributed by atoms with Crippen LogP contribution in [0.3, 0.4) is 0 Å². The van der Waals surface area contributed by atoms with E-state index in [2.05, 4.69) is 0 Å². The fraction of sp³-hybridized carbons (Fsp3) is 0.120. The van der Waals surface area contributed by atoms with Crippen LogP contribution in [0.15, 0.2) is 78.9 Å². The number of aliphatic carboxylic acids is 1. The summed E-state index contributed by atoms with van der Waals surface area (Å²) in [7, 11) is 3.99. The maximum Gasteiger partial charge on any atom is 0.308 e. The molecule has 1 aromatic heterocycles. The van der Waals surface area contributed by atoms with Crippen LogP contribution in [0.4, 0.5) is 5.69 Å². The van der Waals surface area contributed by atoms with Gasteiger partial charge in [-0.25, -0.2) is 4.98 Å². The lowest BCUT2D eigenvalue weighted by Gasteiger charge is -2.12. The molecule has 156 valence electrons. The highest BCUT2D eigenvalue weighted by Crippen LogP contribution is 2.36. The Morgan fingerprint density at radius 2 is 1.52 bits per heavy atom. The number of benzene rings is 3. The smallest absolute Gasteiger partial charge is 0.308 e. The maximum atomic E-state index is 11.4. The third-order valence-electron chi connectivity index (χ3n) is 4.75. The van der Waals surface area contributed by atoms with Crippen LogP contribution in [0.25, 0.3) is 21.8 Å². The number of para-hydroxylation sites is 1. The number of carboxylic acid groups (broad SMARTS) is 1. The van der Waals surface area contributed by atoms with Gasteiger partial charge in [0.2, 0.25) is 0 Å². The van der Waals surface area contributed by atoms with Crippen molar-refractivity contribution in [3.63, 3.8) is 0 Å². The zero-order chi connectivity index (χ0) is 21.8. The van der Waals surface area contributed by atoms with Crippen LogP contribution in [-0.2, 0) is 11.2 Å². The molecule has 3 aromatic carbocycles. The van der Waals surface area contributed by atoms with Crippen LogP contribution in [0, 0.1) is 0 Å². The fourth-order valence-electron chi connectivity index (χ4n) is 3.17. The Balaban J connectivity index is 1.64. The van der Waals surface area contributed by atoms with Crippen LogP contribution in [0.1, 0.15) is 4.88 Å². The van der Waals surface area contributed by atoms with Crippen molar-refractivity contribution in [2.24, 2.45) is 0 Å². The highest BCUT2D eigenvalue weighted by Gasteiger charge is 2.17. The van der Waals surface area contributed by atoms with Gasteiger partial charge in [-0.15, -0.1) is 11.3 Å². The molecule has 5 nitrogen and oxygen atoms in total. The maximum absolute atomic E-state index is 11.4. The van der Waals surface area contributed by atoms with Gasteiger partial charge in [-0.3, -0.25) is 4.79 Å². The first-order valence-corrected chi connectivity index (χ1v) is 10.6. The molecule has 6 heteroatoms. The van der Waals surface area contributed by atoms with Gasteiger partial charge in [0.05, 0.1) is 12.1 Å². The van der Waals surface area contributed by atoms with E-state index in [1.807, 2.05) is 97.9 Å². The Kier molecular flexibility index (Phi) is 6.00. The summed E-state index contributed by atoms with van der Waals surface area (Å²) in [5.41, 5.74) is 3.63. The number of aromatic nitrogens is 1. The summed E-state index contributed by atoms with van der Waals surface area (Å²) in [6, 6.07) is 25.2. The molecule has 0 aliphatic carbocycles. The minimum atomic E-state index is -0.872. The molecule has 0 saturated carbocycles. The van der Waals surface area contributed by atoms with Gasteiger partial charge in [0.25, 0.3) is 0 Å². The molecule has 0 bridgehead atoms. The van der Waals surface area contributed by atoms with Crippen molar-refractivity contribution in [1.29, 1.82) is 0 Å². The van der Waals surface area contributed by atoms with E-state index in [9.17, 15) is 9.90 Å². The van der Waals surface area contributed by atoms with Crippen molar-refractivity contribution in [3.05, 3.63) is 83.7 Å². The lowest BCUT2D eigenvalue weighted by molar-refractivity contribution is -0.136. The molecule has 0 unspecified atom stereocenters. The summed E-state index contributed by atoms with van der Waals surface area (Å²) in [4.78, 5) is 19.0. The molecule has 1 heterocycles. The summed E-state index contributed by atoms with van der Waals surface area (Å²) in [6.07, 6.45) is -0.0644. The number of anilines is 1. The molecule has 0 spiro atoms. The third-order valence-corrected chi connectivity index (χ3v) is 5.85. The van der Waals surface area contributed by atoms with Gasteiger partial charge in [-0.05, 0) is 60.7 Å². The van der Waals surface area contributed by atoms with E-state index in [4.69, 9.17) is 9.72 Å². The number of nitrogens with zero attached hydrogens (tertiary/aromatic N) is 2. The molecule has 1 N–H and O–H groups in total. The van der Waals surface area contributed by atoms with E-state index < -0.39 is 5.97 Å². The summed E-state index contributed by atoms with van der Waals surface area (Å²) in [5.74, 6) is 0.604. The molecule has 0 saturated heterocycles.